The highest BCUT2D eigenvalue weighted by Gasteiger charge is 2.23. The third-order valence-corrected chi connectivity index (χ3v) is 4.93. The summed E-state index contributed by atoms with van der Waals surface area (Å²) >= 11 is 0. The van der Waals surface area contributed by atoms with E-state index in [2.05, 4.69) is 22.2 Å². The van der Waals surface area contributed by atoms with Crippen LogP contribution in [0.4, 0.5) is 0 Å². The van der Waals surface area contributed by atoms with E-state index < -0.39 is 0 Å². The minimum absolute atomic E-state index is 0.0331. The predicted molar refractivity (Wildman–Crippen MR) is 104 cm³/mol. The summed E-state index contributed by atoms with van der Waals surface area (Å²) < 4.78 is 1.76. The van der Waals surface area contributed by atoms with E-state index in [1.54, 1.807) is 10.9 Å². The zero-order valence-electron chi connectivity index (χ0n) is 16.0. The Bertz CT molecular complexity index is 749. The molecule has 144 valence electrons. The van der Waals surface area contributed by atoms with Crippen LogP contribution in [0.1, 0.15) is 30.6 Å². The average Bonchev–Trinajstić information content (AvgIpc) is 3.23. The molecular weight excluding hydrogens is 342 g/mol. The second kappa shape index (κ2) is 8.81. The zero-order valence-corrected chi connectivity index (χ0v) is 16.0. The number of rotatable bonds is 6. The molecule has 7 nitrogen and oxygen atoms in total. The molecule has 0 aliphatic carbocycles. The van der Waals surface area contributed by atoms with Crippen LogP contribution >= 0.6 is 0 Å². The topological polar surface area (TPSA) is 70.5 Å². The van der Waals surface area contributed by atoms with Gasteiger partial charge in [0.15, 0.2) is 0 Å². The number of hydrogen-bond acceptors (Lipinski definition) is 4. The summed E-state index contributed by atoms with van der Waals surface area (Å²) in [5.41, 5.74) is 1.60. The molecule has 1 aromatic heterocycles. The second-order valence-electron chi connectivity index (χ2n) is 6.94. The Kier molecular flexibility index (Phi) is 6.24. The first-order valence-corrected chi connectivity index (χ1v) is 9.48. The average molecular weight is 369 g/mol. The van der Waals surface area contributed by atoms with Crippen molar-refractivity contribution in [3.63, 3.8) is 0 Å². The molecular formula is C20H27N5O2. The van der Waals surface area contributed by atoms with Gasteiger partial charge >= 0.3 is 0 Å². The van der Waals surface area contributed by atoms with Crippen LogP contribution in [0.3, 0.4) is 0 Å². The Morgan fingerprint density at radius 1 is 1.15 bits per heavy atom. The van der Waals surface area contributed by atoms with E-state index in [0.29, 0.717) is 38.3 Å². The maximum atomic E-state index is 12.7. The highest BCUT2D eigenvalue weighted by molar-refractivity contribution is 5.94. The maximum Gasteiger partial charge on any atom is 0.253 e. The van der Waals surface area contributed by atoms with Gasteiger partial charge in [0.05, 0.1) is 12.2 Å². The number of carbonyl (C=O) groups is 2. The molecule has 0 bridgehead atoms. The molecule has 1 aliphatic heterocycles. The summed E-state index contributed by atoms with van der Waals surface area (Å²) in [6.07, 6.45) is 4.52. The lowest BCUT2D eigenvalue weighted by Gasteiger charge is -2.34. The van der Waals surface area contributed by atoms with Crippen LogP contribution in [0.15, 0.2) is 42.7 Å². The van der Waals surface area contributed by atoms with E-state index in [4.69, 9.17) is 0 Å². The quantitative estimate of drug-likeness (QED) is 0.839. The molecule has 2 amide bonds. The summed E-state index contributed by atoms with van der Waals surface area (Å²) in [6.45, 7) is 7.15. The van der Waals surface area contributed by atoms with Crippen molar-refractivity contribution in [2.24, 2.45) is 0 Å². The van der Waals surface area contributed by atoms with Crippen molar-refractivity contribution in [3.05, 3.63) is 48.3 Å². The summed E-state index contributed by atoms with van der Waals surface area (Å²) in [5, 5.41) is 7.17. The van der Waals surface area contributed by atoms with Gasteiger partial charge in [-0.2, -0.15) is 5.10 Å². The van der Waals surface area contributed by atoms with Crippen molar-refractivity contribution in [2.45, 2.75) is 26.3 Å². The molecule has 2 heterocycles. The first-order chi connectivity index (χ1) is 13.1. The smallest absolute Gasteiger partial charge is 0.253 e. The molecule has 2 aromatic rings. The van der Waals surface area contributed by atoms with Crippen molar-refractivity contribution in [1.29, 1.82) is 0 Å². The molecule has 1 aliphatic rings. The van der Waals surface area contributed by atoms with Gasteiger partial charge in [0.2, 0.25) is 5.91 Å². The van der Waals surface area contributed by atoms with E-state index in [1.807, 2.05) is 48.4 Å². The number of carbonyl (C=O) groups excluding carboxylic acids is 2. The minimum Gasteiger partial charge on any atom is -0.353 e. The molecule has 0 saturated carbocycles. The SMILES string of the molecule is CCC(C)NC(=O)CN1CCN(C(=O)c2ccc(-n3cccn3)cc2)CC1. The van der Waals surface area contributed by atoms with Crippen molar-refractivity contribution in [2.75, 3.05) is 32.7 Å². The third-order valence-electron chi connectivity index (χ3n) is 4.93. The normalized spacial score (nSPS) is 16.1. The second-order valence-corrected chi connectivity index (χ2v) is 6.94. The fraction of sp³-hybridized carbons (Fsp3) is 0.450. The van der Waals surface area contributed by atoms with E-state index >= 15 is 0 Å². The van der Waals surface area contributed by atoms with Gasteiger partial charge in [0.1, 0.15) is 0 Å². The van der Waals surface area contributed by atoms with Gasteiger partial charge < -0.3 is 10.2 Å². The number of benzene rings is 1. The molecule has 7 heteroatoms. The van der Waals surface area contributed by atoms with Gasteiger partial charge in [-0.05, 0) is 43.7 Å². The molecule has 0 spiro atoms. The molecule has 0 radical (unpaired) electrons. The summed E-state index contributed by atoms with van der Waals surface area (Å²) in [6, 6.07) is 9.54. The van der Waals surface area contributed by atoms with E-state index in [1.165, 1.54) is 0 Å². The Balaban J connectivity index is 1.50. The van der Waals surface area contributed by atoms with E-state index in [0.717, 1.165) is 12.1 Å². The molecule has 1 fully saturated rings. The van der Waals surface area contributed by atoms with Crippen LogP contribution < -0.4 is 5.32 Å². The van der Waals surface area contributed by atoms with Gasteiger partial charge in [-0.25, -0.2) is 4.68 Å². The molecule has 1 N–H and O–H groups in total. The first kappa shape index (κ1) is 19.1. The van der Waals surface area contributed by atoms with Crippen molar-refractivity contribution in [3.8, 4) is 5.69 Å². The largest absolute Gasteiger partial charge is 0.353 e. The Morgan fingerprint density at radius 3 is 2.44 bits per heavy atom. The van der Waals surface area contributed by atoms with Crippen molar-refractivity contribution < 1.29 is 9.59 Å². The molecule has 1 saturated heterocycles. The summed E-state index contributed by atoms with van der Waals surface area (Å²) in [7, 11) is 0. The molecule has 1 unspecified atom stereocenters. The Hall–Kier alpha value is -2.67. The molecule has 27 heavy (non-hydrogen) atoms. The molecule has 1 aromatic carbocycles. The monoisotopic (exact) mass is 369 g/mol. The number of piperazine rings is 1. The minimum atomic E-state index is 0.0331. The molecule has 3 rings (SSSR count). The van der Waals surface area contributed by atoms with Crippen LogP contribution in [0.25, 0.3) is 5.69 Å². The number of nitrogens with one attached hydrogen (secondary N) is 1. The van der Waals surface area contributed by atoms with Gasteiger partial charge in [-0.15, -0.1) is 0 Å². The van der Waals surface area contributed by atoms with E-state index in [-0.39, 0.29) is 17.9 Å². The molecule has 1 atom stereocenters. The standard InChI is InChI=1S/C20H27N5O2/c1-3-16(2)22-19(26)15-23-11-13-24(14-12-23)20(27)17-5-7-18(8-6-17)25-10-4-9-21-25/h4-10,16H,3,11-15H2,1-2H3,(H,22,26). The van der Waals surface area contributed by atoms with Gasteiger partial charge in [-0.1, -0.05) is 6.92 Å². The van der Waals surface area contributed by atoms with Crippen molar-refractivity contribution >= 4 is 11.8 Å². The number of nitrogens with zero attached hydrogens (tertiary/aromatic N) is 4. The maximum absolute atomic E-state index is 12.7. The van der Waals surface area contributed by atoms with Gasteiger partial charge in [-0.3, -0.25) is 14.5 Å². The fourth-order valence-electron chi connectivity index (χ4n) is 3.10. The van der Waals surface area contributed by atoms with Crippen LogP contribution in [-0.4, -0.2) is 70.2 Å². The summed E-state index contributed by atoms with van der Waals surface area (Å²) in [4.78, 5) is 28.7. The summed E-state index contributed by atoms with van der Waals surface area (Å²) in [5.74, 6) is 0.0871. The van der Waals surface area contributed by atoms with E-state index in [9.17, 15) is 9.59 Å². The van der Waals surface area contributed by atoms with Gasteiger partial charge in [0.25, 0.3) is 5.91 Å². The highest BCUT2D eigenvalue weighted by atomic mass is 16.2. The third kappa shape index (κ3) is 4.95. The van der Waals surface area contributed by atoms with Crippen LogP contribution in [0.2, 0.25) is 0 Å². The lowest BCUT2D eigenvalue weighted by molar-refractivity contribution is -0.123. The number of amides is 2. The van der Waals surface area contributed by atoms with Crippen molar-refractivity contribution in [1.82, 2.24) is 24.9 Å². The van der Waals surface area contributed by atoms with Crippen LogP contribution in [0.5, 0.6) is 0 Å². The number of aromatic nitrogens is 2. The number of hydrogen-bond donors (Lipinski definition) is 1. The Morgan fingerprint density at radius 2 is 1.85 bits per heavy atom. The lowest BCUT2D eigenvalue weighted by Crippen LogP contribution is -2.51. The first-order valence-electron chi connectivity index (χ1n) is 9.48. The lowest BCUT2D eigenvalue weighted by atomic mass is 10.1. The van der Waals surface area contributed by atoms with Crippen LogP contribution in [-0.2, 0) is 4.79 Å². The predicted octanol–water partition coefficient (Wildman–Crippen LogP) is 1.54. The Labute approximate surface area is 159 Å². The highest BCUT2D eigenvalue weighted by Crippen LogP contribution is 2.12. The van der Waals surface area contributed by atoms with Gasteiger partial charge in [0, 0.05) is 50.2 Å². The fourth-order valence-corrected chi connectivity index (χ4v) is 3.10. The van der Waals surface area contributed by atoms with Crippen LogP contribution in [0, 0.1) is 0 Å². The zero-order chi connectivity index (χ0) is 19.2.